The maximum absolute atomic E-state index is 13.2. The third-order valence-corrected chi connectivity index (χ3v) is 4.86. The Balaban J connectivity index is 0.00000450. The van der Waals surface area contributed by atoms with Crippen LogP contribution >= 0.6 is 8.58 Å². The Morgan fingerprint density at radius 3 is 1.80 bits per heavy atom. The predicted molar refractivity (Wildman–Crippen MR) is 125 cm³/mol. The molecule has 0 heterocycles. The van der Waals surface area contributed by atoms with E-state index in [0.717, 1.165) is 5.30 Å². The van der Waals surface area contributed by atoms with E-state index in [0.29, 0.717) is 28.6 Å². The van der Waals surface area contributed by atoms with Crippen molar-refractivity contribution in [2.75, 3.05) is 14.2 Å². The number of carbonyl (C=O) groups excluding carboxylic acids is 1. The minimum Gasteiger partial charge on any atom is -0.496 e. The summed E-state index contributed by atoms with van der Waals surface area (Å²) in [7, 11) is 2.93. The molecule has 0 amide bonds. The second-order valence-corrected chi connectivity index (χ2v) is 9.82. The molecule has 0 spiro atoms. The van der Waals surface area contributed by atoms with Crippen molar-refractivity contribution < 1.29 is 23.7 Å². The summed E-state index contributed by atoms with van der Waals surface area (Å²) in [6.45, 7) is 11.9. The summed E-state index contributed by atoms with van der Waals surface area (Å²) in [6, 6.07) is 10.9. The minimum atomic E-state index is -0.412. The van der Waals surface area contributed by atoms with Crippen LogP contribution in [-0.4, -0.2) is 49.8 Å². The summed E-state index contributed by atoms with van der Waals surface area (Å²) in [5.41, 5.74) is -0.385. The molecule has 159 valence electrons. The molecule has 0 fully saturated rings. The summed E-state index contributed by atoms with van der Waals surface area (Å²) >= 11 is 0. The molecule has 1 unspecified atom stereocenters. The zero-order chi connectivity index (χ0) is 21.8. The molecular formula is C23H31LiO5P. The quantitative estimate of drug-likeness (QED) is 0.470. The largest absolute Gasteiger partial charge is 0.496 e. The fraction of sp³-hybridized carbons (Fsp3) is 0.435. The molecule has 0 saturated heterocycles. The van der Waals surface area contributed by atoms with Gasteiger partial charge in [0.05, 0.1) is 14.2 Å². The average Bonchev–Trinajstić information content (AvgIpc) is 2.60. The molecule has 1 radical (unpaired) electrons. The van der Waals surface area contributed by atoms with Crippen molar-refractivity contribution in [3.63, 3.8) is 0 Å². The Labute approximate surface area is 193 Å². The van der Waals surface area contributed by atoms with Crippen LogP contribution in [0, 0.1) is 0 Å². The summed E-state index contributed by atoms with van der Waals surface area (Å²) in [4.78, 5) is 13.2. The normalized spacial score (nSPS) is 11.7. The molecule has 0 aliphatic rings. The minimum absolute atomic E-state index is 0. The van der Waals surface area contributed by atoms with Gasteiger partial charge in [-0.2, -0.15) is 0 Å². The zero-order valence-electron chi connectivity index (χ0n) is 19.5. The molecule has 30 heavy (non-hydrogen) atoms. The van der Waals surface area contributed by atoms with Crippen LogP contribution in [0.5, 0.6) is 23.0 Å². The summed E-state index contributed by atoms with van der Waals surface area (Å²) in [5, 5.41) is 0.805. The summed E-state index contributed by atoms with van der Waals surface area (Å²) in [6.07, 6.45) is 0. The number of ether oxygens (including phenoxy) is 4. The van der Waals surface area contributed by atoms with Crippen LogP contribution in [0.25, 0.3) is 0 Å². The third kappa shape index (κ3) is 7.55. The third-order valence-electron chi connectivity index (χ3n) is 3.70. The van der Waals surface area contributed by atoms with E-state index < -0.39 is 5.60 Å². The summed E-state index contributed by atoms with van der Waals surface area (Å²) in [5.74, 6) is 2.33. The molecular weight excluding hydrogens is 394 g/mol. The Morgan fingerprint density at radius 1 is 0.800 bits per heavy atom. The first-order chi connectivity index (χ1) is 13.4. The van der Waals surface area contributed by atoms with Crippen molar-refractivity contribution in [1.82, 2.24) is 0 Å². The van der Waals surface area contributed by atoms with Crippen LogP contribution in [0.2, 0.25) is 0 Å². The molecule has 0 bridgehead atoms. The Kier molecular flexibility index (Phi) is 9.30. The van der Waals surface area contributed by atoms with Gasteiger partial charge in [-0.3, -0.25) is 4.79 Å². The van der Waals surface area contributed by atoms with E-state index in [-0.39, 0.29) is 38.6 Å². The van der Waals surface area contributed by atoms with Crippen LogP contribution in [0.1, 0.15) is 51.9 Å². The molecule has 2 aromatic rings. The van der Waals surface area contributed by atoms with E-state index >= 15 is 0 Å². The number of hydrogen-bond acceptors (Lipinski definition) is 5. The van der Waals surface area contributed by atoms with Crippen molar-refractivity contribution in [3.8, 4) is 23.0 Å². The van der Waals surface area contributed by atoms with Crippen LogP contribution < -0.4 is 24.3 Å². The summed E-state index contributed by atoms with van der Waals surface area (Å²) < 4.78 is 22.9. The van der Waals surface area contributed by atoms with Crippen LogP contribution in [0.15, 0.2) is 36.4 Å². The smallest absolute Gasteiger partial charge is 0.193 e. The van der Waals surface area contributed by atoms with Crippen molar-refractivity contribution in [2.24, 2.45) is 0 Å². The first-order valence-electron chi connectivity index (χ1n) is 9.48. The topological polar surface area (TPSA) is 54.0 Å². The molecule has 0 aliphatic heterocycles. The number of rotatable bonds is 7. The molecule has 0 N–H and O–H groups in total. The zero-order valence-corrected chi connectivity index (χ0v) is 20.5. The molecule has 0 saturated carbocycles. The van der Waals surface area contributed by atoms with Gasteiger partial charge in [0.2, 0.25) is 0 Å². The van der Waals surface area contributed by atoms with E-state index in [1.807, 2.05) is 59.7 Å². The Bertz CT molecular complexity index is 847. The number of hydrogen-bond donors (Lipinski definition) is 0. The van der Waals surface area contributed by atoms with Gasteiger partial charge >= 0.3 is 0 Å². The van der Waals surface area contributed by atoms with E-state index in [1.165, 1.54) is 0 Å². The van der Waals surface area contributed by atoms with Crippen LogP contribution in [0.4, 0.5) is 0 Å². The fourth-order valence-corrected chi connectivity index (χ4v) is 3.73. The molecule has 0 aromatic heterocycles. The van der Waals surface area contributed by atoms with E-state index in [4.69, 9.17) is 18.9 Å². The maximum atomic E-state index is 13.2. The monoisotopic (exact) mass is 425 g/mol. The molecule has 2 aromatic carbocycles. The van der Waals surface area contributed by atoms with Gasteiger partial charge in [0, 0.05) is 30.2 Å². The molecule has 5 nitrogen and oxygen atoms in total. The molecule has 1 atom stereocenters. The van der Waals surface area contributed by atoms with Gasteiger partial charge in [0.15, 0.2) is 5.52 Å². The van der Waals surface area contributed by atoms with Gasteiger partial charge in [0.1, 0.15) is 39.8 Å². The first kappa shape index (κ1) is 26.4. The number of carbonyl (C=O) groups is 1. The van der Waals surface area contributed by atoms with Crippen molar-refractivity contribution >= 4 is 38.3 Å². The second kappa shape index (κ2) is 10.6. The van der Waals surface area contributed by atoms with Gasteiger partial charge in [-0.05, 0) is 74.4 Å². The van der Waals surface area contributed by atoms with Gasteiger partial charge in [0.25, 0.3) is 0 Å². The first-order valence-corrected chi connectivity index (χ1v) is 10.5. The number of benzene rings is 2. The van der Waals surface area contributed by atoms with Crippen LogP contribution in [-0.2, 0) is 0 Å². The SMILES string of the molecule is COc1cccc(OC)c1C(=O)Pc1ccc(OC(C)(C)C)cc1OC(C)(C)C.[Li]. The molecule has 2 rings (SSSR count). The fourth-order valence-electron chi connectivity index (χ4n) is 2.70. The predicted octanol–water partition coefficient (Wildman–Crippen LogP) is 4.82. The van der Waals surface area contributed by atoms with E-state index in [1.54, 1.807) is 32.4 Å². The van der Waals surface area contributed by atoms with Crippen molar-refractivity contribution in [2.45, 2.75) is 52.7 Å². The Morgan fingerprint density at radius 2 is 1.33 bits per heavy atom. The van der Waals surface area contributed by atoms with Crippen molar-refractivity contribution in [1.29, 1.82) is 0 Å². The Hall–Kier alpha value is -1.66. The maximum Gasteiger partial charge on any atom is 0.193 e. The average molecular weight is 425 g/mol. The van der Waals surface area contributed by atoms with Gasteiger partial charge in [-0.25, -0.2) is 0 Å². The van der Waals surface area contributed by atoms with Crippen molar-refractivity contribution in [3.05, 3.63) is 42.0 Å². The molecule has 7 heteroatoms. The number of methoxy groups -OCH3 is 2. The van der Waals surface area contributed by atoms with Gasteiger partial charge in [-0.15, -0.1) is 0 Å². The molecule has 0 aliphatic carbocycles. The van der Waals surface area contributed by atoms with E-state index in [9.17, 15) is 4.79 Å². The standard InChI is InChI=1S/C23H31O5P.Li/c1-22(2,3)27-15-12-13-19(18(14-15)28-23(4,5)6)29-21(24)20-16(25-7)10-9-11-17(20)26-8;/h9-14,29H,1-8H3;. The van der Waals surface area contributed by atoms with E-state index in [2.05, 4.69) is 0 Å². The second-order valence-electron chi connectivity index (χ2n) is 8.58. The van der Waals surface area contributed by atoms with Crippen LogP contribution in [0.3, 0.4) is 0 Å². The van der Waals surface area contributed by atoms with Gasteiger partial charge < -0.3 is 18.9 Å². The van der Waals surface area contributed by atoms with Gasteiger partial charge in [-0.1, -0.05) is 6.07 Å².